The first-order chi connectivity index (χ1) is 9.57. The third kappa shape index (κ3) is 2.79. The Hall–Kier alpha value is -0.440. The van der Waals surface area contributed by atoms with Crippen LogP contribution in [0.1, 0.15) is 40.0 Å². The molecule has 4 heteroatoms. The Bertz CT molecular complexity index is 460. The van der Waals surface area contributed by atoms with E-state index in [0.717, 1.165) is 31.6 Å². The van der Waals surface area contributed by atoms with Crippen LogP contribution in [0.5, 0.6) is 5.75 Å². The highest BCUT2D eigenvalue weighted by molar-refractivity contribution is 6.42. The van der Waals surface area contributed by atoms with Crippen molar-refractivity contribution in [2.24, 2.45) is 5.41 Å². The van der Waals surface area contributed by atoms with Gasteiger partial charge in [0.25, 0.3) is 0 Å². The van der Waals surface area contributed by atoms with Crippen LogP contribution in [0.3, 0.4) is 0 Å². The zero-order valence-corrected chi connectivity index (χ0v) is 13.9. The van der Waals surface area contributed by atoms with Crippen LogP contribution < -0.4 is 10.1 Å². The molecule has 2 nitrogen and oxygen atoms in total. The first-order valence-corrected chi connectivity index (χ1v) is 8.18. The Balaban J connectivity index is 2.11. The van der Waals surface area contributed by atoms with Gasteiger partial charge in [0.2, 0.25) is 0 Å². The molecule has 1 fully saturated rings. The fourth-order valence-corrected chi connectivity index (χ4v) is 3.65. The SMILES string of the molecule is CCNC1CC(Oc2ccc(Cl)c(Cl)c2)C1(CC)CC. The van der Waals surface area contributed by atoms with Crippen molar-refractivity contribution in [1.29, 1.82) is 0 Å². The second-order valence-corrected chi connectivity index (χ2v) is 6.28. The summed E-state index contributed by atoms with van der Waals surface area (Å²) in [6.07, 6.45) is 3.54. The largest absolute Gasteiger partial charge is 0.490 e. The molecule has 1 saturated carbocycles. The van der Waals surface area contributed by atoms with Crippen LogP contribution in [0.4, 0.5) is 0 Å². The second-order valence-electron chi connectivity index (χ2n) is 5.47. The van der Waals surface area contributed by atoms with Gasteiger partial charge < -0.3 is 10.1 Å². The number of hydrogen-bond acceptors (Lipinski definition) is 2. The van der Waals surface area contributed by atoms with Crippen molar-refractivity contribution in [1.82, 2.24) is 5.32 Å². The van der Waals surface area contributed by atoms with Crippen LogP contribution >= 0.6 is 23.2 Å². The number of hydrogen-bond donors (Lipinski definition) is 1. The molecule has 112 valence electrons. The van der Waals surface area contributed by atoms with Gasteiger partial charge in [0.15, 0.2) is 0 Å². The quantitative estimate of drug-likeness (QED) is 0.803. The molecule has 0 heterocycles. The van der Waals surface area contributed by atoms with E-state index in [1.807, 2.05) is 6.07 Å². The van der Waals surface area contributed by atoms with Gasteiger partial charge in [-0.25, -0.2) is 0 Å². The molecule has 1 aromatic rings. The van der Waals surface area contributed by atoms with Crippen molar-refractivity contribution in [2.75, 3.05) is 6.54 Å². The molecule has 2 atom stereocenters. The molecule has 2 rings (SSSR count). The lowest BCUT2D eigenvalue weighted by Gasteiger charge is -2.55. The molecule has 0 spiro atoms. The summed E-state index contributed by atoms with van der Waals surface area (Å²) in [5.74, 6) is 0.811. The maximum absolute atomic E-state index is 6.18. The highest BCUT2D eigenvalue weighted by Gasteiger charge is 2.53. The first kappa shape index (κ1) is 15.9. The van der Waals surface area contributed by atoms with Crippen LogP contribution in [-0.2, 0) is 0 Å². The van der Waals surface area contributed by atoms with Crippen LogP contribution in [0.25, 0.3) is 0 Å². The van der Waals surface area contributed by atoms with Crippen molar-refractivity contribution < 1.29 is 4.74 Å². The summed E-state index contributed by atoms with van der Waals surface area (Å²) in [7, 11) is 0. The third-order valence-corrected chi connectivity index (χ3v) is 5.46. The van der Waals surface area contributed by atoms with E-state index in [1.165, 1.54) is 0 Å². The minimum Gasteiger partial charge on any atom is -0.490 e. The van der Waals surface area contributed by atoms with Crippen LogP contribution in [0, 0.1) is 5.41 Å². The van der Waals surface area contributed by atoms with Gasteiger partial charge in [0.05, 0.1) is 10.0 Å². The normalized spacial score (nSPS) is 24.2. The topological polar surface area (TPSA) is 21.3 Å². The van der Waals surface area contributed by atoms with Crippen molar-refractivity contribution in [3.8, 4) is 5.75 Å². The highest BCUT2D eigenvalue weighted by Crippen LogP contribution is 2.49. The van der Waals surface area contributed by atoms with Gasteiger partial charge in [-0.1, -0.05) is 44.0 Å². The standard InChI is InChI=1S/C16H23Cl2NO/c1-4-16(5-2)14(19-6-3)10-15(16)20-11-7-8-12(17)13(18)9-11/h7-9,14-15,19H,4-6,10H2,1-3H3. The Morgan fingerprint density at radius 2 is 1.90 bits per heavy atom. The van der Waals surface area contributed by atoms with E-state index >= 15 is 0 Å². The maximum atomic E-state index is 6.18. The van der Waals surface area contributed by atoms with Gasteiger partial charge >= 0.3 is 0 Å². The third-order valence-electron chi connectivity index (χ3n) is 4.72. The van der Waals surface area contributed by atoms with Gasteiger partial charge in [-0.15, -0.1) is 0 Å². The zero-order chi connectivity index (χ0) is 14.8. The van der Waals surface area contributed by atoms with E-state index in [-0.39, 0.29) is 11.5 Å². The van der Waals surface area contributed by atoms with Crippen molar-refractivity contribution in [2.45, 2.75) is 52.2 Å². The summed E-state index contributed by atoms with van der Waals surface area (Å²) in [5, 5.41) is 4.70. The second kappa shape index (κ2) is 6.55. The number of ether oxygens (including phenoxy) is 1. The van der Waals surface area contributed by atoms with Gasteiger partial charge in [0, 0.05) is 23.9 Å². The summed E-state index contributed by atoms with van der Waals surface area (Å²) in [6, 6.07) is 6.04. The Morgan fingerprint density at radius 3 is 2.45 bits per heavy atom. The highest BCUT2D eigenvalue weighted by atomic mass is 35.5. The molecule has 1 aliphatic carbocycles. The molecule has 2 unspecified atom stereocenters. The van der Waals surface area contributed by atoms with E-state index in [9.17, 15) is 0 Å². The Morgan fingerprint density at radius 1 is 1.20 bits per heavy atom. The van der Waals surface area contributed by atoms with E-state index in [4.69, 9.17) is 27.9 Å². The Kier molecular flexibility index (Phi) is 5.22. The molecule has 0 aromatic heterocycles. The molecule has 20 heavy (non-hydrogen) atoms. The molecule has 0 radical (unpaired) electrons. The lowest BCUT2D eigenvalue weighted by Crippen LogP contribution is -2.64. The van der Waals surface area contributed by atoms with Crippen molar-refractivity contribution in [3.63, 3.8) is 0 Å². The molecular weight excluding hydrogens is 293 g/mol. The fraction of sp³-hybridized carbons (Fsp3) is 0.625. The summed E-state index contributed by atoms with van der Waals surface area (Å²) in [4.78, 5) is 0. The Labute approximate surface area is 131 Å². The predicted octanol–water partition coefficient (Wildman–Crippen LogP) is 4.93. The average Bonchev–Trinajstić information content (AvgIpc) is 2.43. The molecule has 1 aliphatic rings. The molecule has 0 aliphatic heterocycles. The van der Waals surface area contributed by atoms with Crippen molar-refractivity contribution >= 4 is 23.2 Å². The maximum Gasteiger partial charge on any atom is 0.121 e. The number of benzene rings is 1. The van der Waals surface area contributed by atoms with Crippen LogP contribution in [0.2, 0.25) is 10.0 Å². The van der Waals surface area contributed by atoms with Crippen molar-refractivity contribution in [3.05, 3.63) is 28.2 Å². The van der Waals surface area contributed by atoms with Gasteiger partial charge in [0.1, 0.15) is 11.9 Å². The average molecular weight is 316 g/mol. The molecule has 0 saturated heterocycles. The summed E-state index contributed by atoms with van der Waals surface area (Å²) in [5.41, 5.74) is 0.224. The zero-order valence-electron chi connectivity index (χ0n) is 12.4. The fourth-order valence-electron chi connectivity index (χ4n) is 3.36. The van der Waals surface area contributed by atoms with Crippen LogP contribution in [-0.4, -0.2) is 18.7 Å². The lowest BCUT2D eigenvalue weighted by atomic mass is 9.58. The summed E-state index contributed by atoms with van der Waals surface area (Å²) in [6.45, 7) is 7.66. The van der Waals surface area contributed by atoms with E-state index in [2.05, 4.69) is 26.1 Å². The molecule has 0 amide bonds. The van der Waals surface area contributed by atoms with E-state index in [1.54, 1.807) is 12.1 Å². The summed E-state index contributed by atoms with van der Waals surface area (Å²) < 4.78 is 6.18. The first-order valence-electron chi connectivity index (χ1n) is 7.42. The molecular formula is C16H23Cl2NO. The molecule has 1 aromatic carbocycles. The van der Waals surface area contributed by atoms with E-state index < -0.39 is 0 Å². The number of nitrogens with one attached hydrogen (secondary N) is 1. The van der Waals surface area contributed by atoms with E-state index in [0.29, 0.717) is 16.1 Å². The minimum atomic E-state index is 0.224. The number of halogens is 2. The predicted molar refractivity (Wildman–Crippen MR) is 86.0 cm³/mol. The monoisotopic (exact) mass is 315 g/mol. The summed E-state index contributed by atoms with van der Waals surface area (Å²) >= 11 is 12.0. The lowest BCUT2D eigenvalue weighted by molar-refractivity contribution is -0.0854. The minimum absolute atomic E-state index is 0.224. The van der Waals surface area contributed by atoms with Crippen LogP contribution in [0.15, 0.2) is 18.2 Å². The smallest absolute Gasteiger partial charge is 0.121 e. The molecule has 1 N–H and O–H groups in total. The molecule has 0 bridgehead atoms. The van der Waals surface area contributed by atoms with Gasteiger partial charge in [-0.05, 0) is 31.5 Å². The van der Waals surface area contributed by atoms with Gasteiger partial charge in [-0.3, -0.25) is 0 Å². The van der Waals surface area contributed by atoms with Gasteiger partial charge in [-0.2, -0.15) is 0 Å². The number of rotatable bonds is 6.